The van der Waals surface area contributed by atoms with Gasteiger partial charge in [-0.1, -0.05) is 0 Å². The maximum absolute atomic E-state index is 7.17. The van der Waals surface area contributed by atoms with Crippen LogP contribution in [0.15, 0.2) is 71.0 Å². The van der Waals surface area contributed by atoms with Crippen LogP contribution in [0.2, 0.25) is 18.3 Å². The van der Waals surface area contributed by atoms with Crippen LogP contribution in [0.4, 0.5) is 0 Å². The summed E-state index contributed by atoms with van der Waals surface area (Å²) in [6.45, 7) is 14.1. The van der Waals surface area contributed by atoms with Crippen LogP contribution in [0.1, 0.15) is 80.1 Å². The molecule has 0 aliphatic rings. The first-order valence-electron chi connectivity index (χ1n) is 13.3. The van der Waals surface area contributed by atoms with Gasteiger partial charge in [0.1, 0.15) is 0 Å². The van der Waals surface area contributed by atoms with E-state index in [4.69, 9.17) is 4.43 Å². The number of rotatable bonds is 14. The van der Waals surface area contributed by atoms with Gasteiger partial charge in [-0.3, -0.25) is 0 Å². The molecule has 3 heteroatoms. The molecule has 0 amide bonds. The topological polar surface area (TPSA) is 9.23 Å². The predicted octanol–water partition coefficient (Wildman–Crippen LogP) is 8.47. The van der Waals surface area contributed by atoms with Gasteiger partial charge in [0.15, 0.2) is 0 Å². The minimum atomic E-state index is -2.50. The van der Waals surface area contributed by atoms with E-state index >= 15 is 0 Å². The zero-order valence-corrected chi connectivity index (χ0v) is 26.1. The second kappa shape index (κ2) is 13.8. The van der Waals surface area contributed by atoms with E-state index < -0.39 is 26.7 Å². The predicted molar refractivity (Wildman–Crippen MR) is 153 cm³/mol. The quantitative estimate of drug-likeness (QED) is 0.163. The minimum absolute atomic E-state index is 0.0223. The van der Waals surface area contributed by atoms with Crippen LogP contribution in [-0.2, 0) is 4.43 Å². The van der Waals surface area contributed by atoms with Crippen molar-refractivity contribution in [1.82, 2.24) is 0 Å². The fourth-order valence-electron chi connectivity index (χ4n) is 5.18. The number of hydrogen-bond acceptors (Lipinski definition) is 1. The summed E-state index contributed by atoms with van der Waals surface area (Å²) in [6.07, 6.45) is 10.3. The average Bonchev–Trinajstić information content (AvgIpc) is 2.83. The molecule has 182 valence electrons. The van der Waals surface area contributed by atoms with Gasteiger partial charge in [0.05, 0.1) is 0 Å². The molecular weight excluding hydrogens is 523 g/mol. The molecule has 0 spiro atoms. The monoisotopic (exact) mass is 572 g/mol. The van der Waals surface area contributed by atoms with Gasteiger partial charge >= 0.3 is 211 Å². The standard InChI is InChI=1S/C18H21OSi.3C4H9.Sn/c1-5-19-20(18(2,3)4,16-12-8-6-9-13-16)17-14-10-7-11-15-17;3*1-3-4-2;/h1,5-15H,2-4H3;3*1,3-4H2,2H3;. The van der Waals surface area contributed by atoms with Crippen molar-refractivity contribution < 1.29 is 4.43 Å². The van der Waals surface area contributed by atoms with Crippen LogP contribution in [0.5, 0.6) is 0 Å². The van der Waals surface area contributed by atoms with Crippen LogP contribution >= 0.6 is 0 Å². The van der Waals surface area contributed by atoms with Crippen LogP contribution in [0.25, 0.3) is 0 Å². The zero-order valence-electron chi connectivity index (χ0n) is 22.2. The molecule has 0 fully saturated rings. The molecule has 0 saturated heterocycles. The van der Waals surface area contributed by atoms with Crippen molar-refractivity contribution in [2.45, 2.75) is 98.4 Å². The molecule has 0 aliphatic carbocycles. The molecular formula is C30H48OSiSn. The Labute approximate surface area is 210 Å². The Morgan fingerprint density at radius 2 is 1.09 bits per heavy atom. The van der Waals surface area contributed by atoms with Gasteiger partial charge < -0.3 is 0 Å². The van der Waals surface area contributed by atoms with Crippen molar-refractivity contribution in [3.63, 3.8) is 0 Å². The van der Waals surface area contributed by atoms with Gasteiger partial charge in [0.25, 0.3) is 0 Å². The van der Waals surface area contributed by atoms with Crippen LogP contribution in [0.3, 0.4) is 0 Å². The fourth-order valence-corrected chi connectivity index (χ4v) is 23.5. The van der Waals surface area contributed by atoms with E-state index in [1.807, 2.05) is 0 Å². The number of unbranched alkanes of at least 4 members (excludes halogenated alkanes) is 3. The molecule has 2 aromatic carbocycles. The summed E-state index contributed by atoms with van der Waals surface area (Å²) in [6, 6.07) is 22.1. The van der Waals surface area contributed by atoms with E-state index in [0.717, 1.165) is 0 Å². The second-order valence-corrected chi connectivity index (χ2v) is 28.0. The van der Waals surface area contributed by atoms with E-state index in [1.54, 1.807) is 0 Å². The van der Waals surface area contributed by atoms with Crippen LogP contribution in [-0.4, -0.2) is 26.7 Å². The third-order valence-electron chi connectivity index (χ3n) is 7.17. The summed E-state index contributed by atoms with van der Waals surface area (Å²) in [5.74, 6) is 0. The average molecular weight is 572 g/mol. The summed E-state index contributed by atoms with van der Waals surface area (Å²) in [7, 11) is -2.50. The van der Waals surface area contributed by atoms with Gasteiger partial charge in [0, 0.05) is 0 Å². The molecule has 0 aliphatic heterocycles. The van der Waals surface area contributed by atoms with Crippen molar-refractivity contribution >= 4 is 37.1 Å². The Morgan fingerprint density at radius 1 is 0.697 bits per heavy atom. The fraction of sp³-hybridized carbons (Fsp3) is 0.533. The van der Waals surface area contributed by atoms with Crippen molar-refractivity contribution in [3.8, 4) is 0 Å². The summed E-state index contributed by atoms with van der Waals surface area (Å²) >= 11 is -2.40. The van der Waals surface area contributed by atoms with Crippen molar-refractivity contribution in [3.05, 3.63) is 71.0 Å². The molecule has 0 aromatic heterocycles. The van der Waals surface area contributed by atoms with Crippen molar-refractivity contribution in [1.29, 1.82) is 0 Å². The van der Waals surface area contributed by atoms with E-state index in [1.165, 1.54) is 62.2 Å². The summed E-state index contributed by atoms with van der Waals surface area (Å²) in [5.41, 5.74) is 0. The Kier molecular flexibility index (Phi) is 11.8. The maximum atomic E-state index is 7.17. The van der Waals surface area contributed by atoms with Crippen LogP contribution in [0, 0.1) is 0 Å². The zero-order chi connectivity index (χ0) is 24.2. The van der Waals surface area contributed by atoms with E-state index in [2.05, 4.69) is 113 Å². The molecule has 0 N–H and O–H groups in total. The molecule has 0 heterocycles. The summed E-state index contributed by atoms with van der Waals surface area (Å²) < 4.78 is 14.3. The van der Waals surface area contributed by atoms with Gasteiger partial charge in [-0.15, -0.1) is 0 Å². The number of hydrogen-bond donors (Lipinski definition) is 0. The SMILES string of the molecule is CCC[CH2][Sn](/[CH]=C/O[Si](c1ccccc1)(c1ccccc1)C(C)(C)C)([CH2]CCC)[CH2]CCC. The summed E-state index contributed by atoms with van der Waals surface area (Å²) in [4.78, 5) is 0. The molecule has 2 aromatic rings. The van der Waals surface area contributed by atoms with E-state index in [0.29, 0.717) is 0 Å². The molecule has 0 bridgehead atoms. The molecule has 33 heavy (non-hydrogen) atoms. The first-order valence-corrected chi connectivity index (χ1v) is 22.9. The normalized spacial score (nSPS) is 12.9. The van der Waals surface area contributed by atoms with Crippen LogP contribution < -0.4 is 10.4 Å². The third-order valence-corrected chi connectivity index (χ3v) is 26.0. The van der Waals surface area contributed by atoms with E-state index in [-0.39, 0.29) is 5.04 Å². The molecule has 0 atom stereocenters. The van der Waals surface area contributed by atoms with Gasteiger partial charge in [-0.2, -0.15) is 0 Å². The Morgan fingerprint density at radius 3 is 1.42 bits per heavy atom. The van der Waals surface area contributed by atoms with Crippen molar-refractivity contribution in [2.75, 3.05) is 0 Å². The van der Waals surface area contributed by atoms with Gasteiger partial charge in [0.2, 0.25) is 0 Å². The Hall–Kier alpha value is -1.00. The first-order chi connectivity index (χ1) is 15.8. The number of benzene rings is 2. The Balaban J connectivity index is 2.54. The van der Waals surface area contributed by atoms with Crippen molar-refractivity contribution in [2.24, 2.45) is 0 Å². The van der Waals surface area contributed by atoms with Gasteiger partial charge in [-0.05, 0) is 0 Å². The second-order valence-electron chi connectivity index (χ2n) is 10.8. The molecule has 0 saturated carbocycles. The third kappa shape index (κ3) is 7.49. The summed E-state index contributed by atoms with van der Waals surface area (Å²) in [5, 5.41) is 2.75. The van der Waals surface area contributed by atoms with E-state index in [9.17, 15) is 0 Å². The molecule has 0 unspecified atom stereocenters. The molecule has 0 radical (unpaired) electrons. The molecule has 2 rings (SSSR count). The molecule has 1 nitrogen and oxygen atoms in total. The Bertz CT molecular complexity index is 749. The first kappa shape index (κ1) is 28.2. The van der Waals surface area contributed by atoms with Gasteiger partial charge in [-0.25, -0.2) is 0 Å².